The van der Waals surface area contributed by atoms with E-state index in [1.54, 1.807) is 23.0 Å². The zero-order valence-electron chi connectivity index (χ0n) is 13.8. The van der Waals surface area contributed by atoms with Gasteiger partial charge in [0.15, 0.2) is 0 Å². The van der Waals surface area contributed by atoms with Gasteiger partial charge >= 0.3 is 6.09 Å². The standard InChI is InChI=1S/C15H18ClN5O4/c1-18(25-2)14(22)10-7-11(16)12-8-17-9-21(12)13(10)19-3-5-20(6-4-19)15(23)24/h7-9H,3-6H2,1-2H3,(H,23,24). The Morgan fingerprint density at radius 1 is 1.32 bits per heavy atom. The van der Waals surface area contributed by atoms with E-state index >= 15 is 0 Å². The molecule has 2 aromatic heterocycles. The molecule has 10 heteroatoms. The number of hydrogen-bond donors (Lipinski definition) is 1. The Morgan fingerprint density at radius 2 is 2.00 bits per heavy atom. The normalized spacial score (nSPS) is 14.8. The molecule has 0 atom stereocenters. The molecule has 0 radical (unpaired) electrons. The minimum absolute atomic E-state index is 0.349. The average molecular weight is 368 g/mol. The molecule has 9 nitrogen and oxygen atoms in total. The number of piperazine rings is 1. The highest BCUT2D eigenvalue weighted by atomic mass is 35.5. The number of amides is 2. The van der Waals surface area contributed by atoms with Crippen molar-refractivity contribution in [1.29, 1.82) is 0 Å². The first-order chi connectivity index (χ1) is 11.9. The number of halogens is 1. The minimum Gasteiger partial charge on any atom is -0.465 e. The van der Waals surface area contributed by atoms with E-state index in [2.05, 4.69) is 4.98 Å². The van der Waals surface area contributed by atoms with Gasteiger partial charge in [-0.05, 0) is 6.07 Å². The van der Waals surface area contributed by atoms with E-state index in [0.717, 1.165) is 5.06 Å². The summed E-state index contributed by atoms with van der Waals surface area (Å²) in [6, 6.07) is 1.59. The number of anilines is 1. The van der Waals surface area contributed by atoms with E-state index in [0.29, 0.717) is 48.1 Å². The molecule has 1 saturated heterocycles. The monoisotopic (exact) mass is 367 g/mol. The third-order valence-electron chi connectivity index (χ3n) is 4.26. The maximum Gasteiger partial charge on any atom is 0.407 e. The Hall–Kier alpha value is -2.52. The van der Waals surface area contributed by atoms with E-state index < -0.39 is 6.09 Å². The van der Waals surface area contributed by atoms with Crippen LogP contribution in [-0.2, 0) is 4.84 Å². The van der Waals surface area contributed by atoms with Crippen molar-refractivity contribution in [2.45, 2.75) is 0 Å². The zero-order valence-corrected chi connectivity index (χ0v) is 14.6. The fourth-order valence-electron chi connectivity index (χ4n) is 2.88. The lowest BCUT2D eigenvalue weighted by atomic mass is 10.2. The molecule has 134 valence electrons. The van der Waals surface area contributed by atoms with Crippen LogP contribution in [0, 0.1) is 0 Å². The van der Waals surface area contributed by atoms with Gasteiger partial charge in [-0.3, -0.25) is 14.0 Å². The Labute approximate surface area is 148 Å². The lowest BCUT2D eigenvalue weighted by Crippen LogP contribution is -2.49. The summed E-state index contributed by atoms with van der Waals surface area (Å²) in [6.45, 7) is 1.61. The third-order valence-corrected chi connectivity index (χ3v) is 4.57. The van der Waals surface area contributed by atoms with E-state index in [1.165, 1.54) is 19.1 Å². The number of pyridine rings is 1. The van der Waals surface area contributed by atoms with Crippen LogP contribution in [0.4, 0.5) is 10.6 Å². The molecule has 1 fully saturated rings. The number of aromatic nitrogens is 2. The molecule has 3 rings (SSSR count). The quantitative estimate of drug-likeness (QED) is 0.825. The average Bonchev–Trinajstić information content (AvgIpc) is 3.10. The van der Waals surface area contributed by atoms with Crippen LogP contribution in [0.15, 0.2) is 18.6 Å². The highest BCUT2D eigenvalue weighted by molar-refractivity contribution is 6.34. The fourth-order valence-corrected chi connectivity index (χ4v) is 3.13. The summed E-state index contributed by atoms with van der Waals surface area (Å²) < 4.78 is 1.75. The van der Waals surface area contributed by atoms with Crippen molar-refractivity contribution >= 4 is 34.9 Å². The molecule has 2 amide bonds. The van der Waals surface area contributed by atoms with Crippen LogP contribution < -0.4 is 4.90 Å². The second kappa shape index (κ2) is 6.77. The molecule has 0 spiro atoms. The second-order valence-corrected chi connectivity index (χ2v) is 6.03. The van der Waals surface area contributed by atoms with Crippen LogP contribution in [0.2, 0.25) is 5.02 Å². The fraction of sp³-hybridized carbons (Fsp3) is 0.400. The van der Waals surface area contributed by atoms with Crippen LogP contribution in [0.1, 0.15) is 10.4 Å². The topological polar surface area (TPSA) is 90.6 Å². The van der Waals surface area contributed by atoms with Gasteiger partial charge in [-0.25, -0.2) is 14.8 Å². The lowest BCUT2D eigenvalue weighted by Gasteiger charge is -2.36. The van der Waals surface area contributed by atoms with Gasteiger partial charge in [0.25, 0.3) is 5.91 Å². The molecule has 0 saturated carbocycles. The van der Waals surface area contributed by atoms with Gasteiger partial charge in [0.2, 0.25) is 0 Å². The maximum atomic E-state index is 12.7. The zero-order chi connectivity index (χ0) is 18.1. The van der Waals surface area contributed by atoms with Crippen molar-refractivity contribution < 1.29 is 19.5 Å². The number of fused-ring (bicyclic) bond motifs is 1. The van der Waals surface area contributed by atoms with E-state index in [1.807, 2.05) is 4.90 Å². The summed E-state index contributed by atoms with van der Waals surface area (Å²) in [4.78, 5) is 36.2. The van der Waals surface area contributed by atoms with E-state index in [-0.39, 0.29) is 5.91 Å². The van der Waals surface area contributed by atoms with Crippen molar-refractivity contribution in [1.82, 2.24) is 19.3 Å². The Balaban J connectivity index is 2.06. The van der Waals surface area contributed by atoms with Gasteiger partial charge in [0, 0.05) is 33.2 Å². The highest BCUT2D eigenvalue weighted by Crippen LogP contribution is 2.30. The molecule has 2 aromatic rings. The van der Waals surface area contributed by atoms with Crippen molar-refractivity contribution in [2.24, 2.45) is 0 Å². The van der Waals surface area contributed by atoms with Crippen LogP contribution >= 0.6 is 11.6 Å². The third kappa shape index (κ3) is 3.08. The first kappa shape index (κ1) is 17.3. The largest absolute Gasteiger partial charge is 0.465 e. The Kier molecular flexibility index (Phi) is 4.69. The molecule has 3 heterocycles. The number of rotatable bonds is 3. The smallest absolute Gasteiger partial charge is 0.407 e. The van der Waals surface area contributed by atoms with Gasteiger partial charge in [-0.2, -0.15) is 0 Å². The molecule has 0 aromatic carbocycles. The number of hydrogen-bond acceptors (Lipinski definition) is 5. The number of imidazole rings is 1. The van der Waals surface area contributed by atoms with Crippen molar-refractivity contribution in [2.75, 3.05) is 45.2 Å². The van der Waals surface area contributed by atoms with Gasteiger partial charge in [-0.15, -0.1) is 0 Å². The predicted molar refractivity (Wildman–Crippen MR) is 91.1 cm³/mol. The molecule has 0 unspecified atom stereocenters. The second-order valence-electron chi connectivity index (χ2n) is 5.62. The SMILES string of the molecule is CON(C)C(=O)c1cc(Cl)c2cncn2c1N1CCN(C(=O)O)CC1. The molecule has 0 aliphatic carbocycles. The Morgan fingerprint density at radius 3 is 2.60 bits per heavy atom. The van der Waals surface area contributed by atoms with Crippen LogP contribution in [0.25, 0.3) is 5.52 Å². The van der Waals surface area contributed by atoms with Gasteiger partial charge < -0.3 is 14.9 Å². The summed E-state index contributed by atoms with van der Waals surface area (Å²) in [5.74, 6) is 0.270. The van der Waals surface area contributed by atoms with Crippen LogP contribution in [0.3, 0.4) is 0 Å². The molecular formula is C15H18ClN5O4. The molecule has 25 heavy (non-hydrogen) atoms. The summed E-state index contributed by atoms with van der Waals surface area (Å²) in [6.07, 6.45) is 2.26. The number of carbonyl (C=O) groups is 2. The molecular weight excluding hydrogens is 350 g/mol. The summed E-state index contributed by atoms with van der Waals surface area (Å²) in [7, 11) is 2.92. The first-order valence-corrected chi connectivity index (χ1v) is 8.01. The number of nitrogens with zero attached hydrogens (tertiary/aromatic N) is 5. The highest BCUT2D eigenvalue weighted by Gasteiger charge is 2.28. The summed E-state index contributed by atoms with van der Waals surface area (Å²) >= 11 is 6.29. The first-order valence-electron chi connectivity index (χ1n) is 7.63. The van der Waals surface area contributed by atoms with Gasteiger partial charge in [0.1, 0.15) is 12.1 Å². The van der Waals surface area contributed by atoms with E-state index in [4.69, 9.17) is 21.5 Å². The van der Waals surface area contributed by atoms with E-state index in [9.17, 15) is 9.59 Å². The van der Waals surface area contributed by atoms with Crippen LogP contribution in [-0.4, -0.2) is 76.8 Å². The van der Waals surface area contributed by atoms with Gasteiger partial charge in [-0.1, -0.05) is 11.6 Å². The molecule has 1 N–H and O–H groups in total. The summed E-state index contributed by atoms with van der Waals surface area (Å²) in [5.41, 5.74) is 1.04. The maximum absolute atomic E-state index is 12.7. The number of carbonyl (C=O) groups excluding carboxylic acids is 1. The molecule has 1 aliphatic rings. The van der Waals surface area contributed by atoms with Crippen molar-refractivity contribution in [3.05, 3.63) is 29.2 Å². The van der Waals surface area contributed by atoms with Crippen molar-refractivity contribution in [3.8, 4) is 0 Å². The lowest BCUT2D eigenvalue weighted by molar-refractivity contribution is -0.0756. The number of hydroxylamine groups is 2. The van der Waals surface area contributed by atoms with Crippen LogP contribution in [0.5, 0.6) is 0 Å². The van der Waals surface area contributed by atoms with Crippen molar-refractivity contribution in [3.63, 3.8) is 0 Å². The Bertz CT molecular complexity index is 816. The predicted octanol–water partition coefficient (Wildman–Crippen LogP) is 1.42. The van der Waals surface area contributed by atoms with Gasteiger partial charge in [0.05, 0.1) is 29.4 Å². The minimum atomic E-state index is -0.945. The molecule has 1 aliphatic heterocycles. The summed E-state index contributed by atoms with van der Waals surface area (Å²) in [5, 5.41) is 10.6. The molecule has 0 bridgehead atoms. The number of carboxylic acid groups (broad SMARTS) is 1.